The van der Waals surface area contributed by atoms with Crippen LogP contribution < -0.4 is 5.56 Å². The van der Waals surface area contributed by atoms with Crippen molar-refractivity contribution in [3.05, 3.63) is 58.1 Å². The SMILES string of the molecule is CCn1c(SCc2nc3c(C)cccc3c(=O)[nH]2)nc2cc(S(=O)(=O)N3CCOCC3)ccc21. The van der Waals surface area contributed by atoms with E-state index in [4.69, 9.17) is 9.72 Å². The van der Waals surface area contributed by atoms with Crippen molar-refractivity contribution < 1.29 is 13.2 Å². The van der Waals surface area contributed by atoms with E-state index in [0.717, 1.165) is 16.2 Å². The Kier molecular flexibility index (Phi) is 6.19. The summed E-state index contributed by atoms with van der Waals surface area (Å²) in [6, 6.07) is 10.6. The van der Waals surface area contributed by atoms with E-state index in [1.807, 2.05) is 36.6 Å². The van der Waals surface area contributed by atoms with E-state index in [0.29, 0.717) is 60.8 Å². The van der Waals surface area contributed by atoms with Gasteiger partial charge in [0.25, 0.3) is 5.56 Å². The van der Waals surface area contributed by atoms with Crippen molar-refractivity contribution in [1.29, 1.82) is 0 Å². The number of ether oxygens (including phenoxy) is 1. The second-order valence-corrected chi connectivity index (χ2v) is 11.0. The van der Waals surface area contributed by atoms with Crippen LogP contribution in [0.2, 0.25) is 0 Å². The molecule has 4 aromatic rings. The third-order valence-electron chi connectivity index (χ3n) is 5.93. The summed E-state index contributed by atoms with van der Waals surface area (Å²) in [6.07, 6.45) is 0. The van der Waals surface area contributed by atoms with Crippen LogP contribution in [-0.2, 0) is 27.1 Å². The number of aromatic nitrogens is 4. The first-order valence-corrected chi connectivity index (χ1v) is 13.5. The summed E-state index contributed by atoms with van der Waals surface area (Å²) < 4.78 is 34.9. The van der Waals surface area contributed by atoms with Crippen molar-refractivity contribution in [2.45, 2.75) is 36.2 Å². The average Bonchev–Trinajstić information content (AvgIpc) is 3.20. The molecule has 0 spiro atoms. The summed E-state index contributed by atoms with van der Waals surface area (Å²) in [5, 5.41) is 1.31. The number of hydrogen-bond acceptors (Lipinski definition) is 7. The largest absolute Gasteiger partial charge is 0.379 e. The second-order valence-electron chi connectivity index (χ2n) is 8.08. The first-order chi connectivity index (χ1) is 16.4. The Bertz CT molecular complexity index is 1540. The van der Waals surface area contributed by atoms with Gasteiger partial charge in [-0.25, -0.2) is 18.4 Å². The Morgan fingerprint density at radius 3 is 2.71 bits per heavy atom. The molecular weight excluding hydrogens is 474 g/mol. The highest BCUT2D eigenvalue weighted by Gasteiger charge is 2.27. The Labute approximate surface area is 201 Å². The maximum atomic E-state index is 13.1. The monoisotopic (exact) mass is 499 g/mol. The standard InChI is InChI=1S/C23H25N5O4S2/c1-3-28-19-8-7-16(34(30,31)27-9-11-32-12-10-27)13-18(19)24-23(28)33-14-20-25-21-15(2)5-4-6-17(21)22(29)26-20/h4-8,13H,3,9-12,14H2,1-2H3,(H,25,26,29). The molecule has 1 aliphatic rings. The molecule has 9 nitrogen and oxygen atoms in total. The number of aromatic amines is 1. The van der Waals surface area contributed by atoms with Crippen LogP contribution >= 0.6 is 11.8 Å². The Morgan fingerprint density at radius 2 is 1.94 bits per heavy atom. The highest BCUT2D eigenvalue weighted by molar-refractivity contribution is 7.98. The molecule has 1 fully saturated rings. The second kappa shape index (κ2) is 9.14. The lowest BCUT2D eigenvalue weighted by molar-refractivity contribution is 0.0730. The molecule has 0 amide bonds. The molecule has 178 valence electrons. The summed E-state index contributed by atoms with van der Waals surface area (Å²) in [5.41, 5.74) is 2.97. The Balaban J connectivity index is 1.45. The van der Waals surface area contributed by atoms with Crippen molar-refractivity contribution in [3.63, 3.8) is 0 Å². The van der Waals surface area contributed by atoms with E-state index in [1.54, 1.807) is 18.2 Å². The van der Waals surface area contributed by atoms with Gasteiger partial charge in [0.1, 0.15) is 5.82 Å². The molecule has 1 saturated heterocycles. The van der Waals surface area contributed by atoms with Gasteiger partial charge in [0.2, 0.25) is 10.0 Å². The molecule has 5 rings (SSSR count). The lowest BCUT2D eigenvalue weighted by atomic mass is 10.1. The van der Waals surface area contributed by atoms with Gasteiger partial charge in [-0.05, 0) is 43.7 Å². The molecule has 2 aromatic heterocycles. The van der Waals surface area contributed by atoms with Gasteiger partial charge >= 0.3 is 0 Å². The van der Waals surface area contributed by atoms with Crippen LogP contribution in [0.4, 0.5) is 0 Å². The molecule has 3 heterocycles. The topological polar surface area (TPSA) is 110 Å². The zero-order valence-corrected chi connectivity index (χ0v) is 20.6. The van der Waals surface area contributed by atoms with Gasteiger partial charge in [-0.1, -0.05) is 23.9 Å². The van der Waals surface area contributed by atoms with Crippen LogP contribution in [0.25, 0.3) is 21.9 Å². The van der Waals surface area contributed by atoms with Gasteiger partial charge in [0.05, 0.1) is 45.8 Å². The molecule has 1 aliphatic heterocycles. The number of fused-ring (bicyclic) bond motifs is 2. The van der Waals surface area contributed by atoms with Gasteiger partial charge < -0.3 is 14.3 Å². The maximum absolute atomic E-state index is 13.1. The molecule has 0 aliphatic carbocycles. The Morgan fingerprint density at radius 1 is 1.15 bits per heavy atom. The molecule has 0 saturated carbocycles. The summed E-state index contributed by atoms with van der Waals surface area (Å²) in [4.78, 5) is 25.0. The van der Waals surface area contributed by atoms with Gasteiger partial charge in [0.15, 0.2) is 5.16 Å². The molecule has 2 aromatic carbocycles. The smallest absolute Gasteiger partial charge is 0.258 e. The molecule has 34 heavy (non-hydrogen) atoms. The van der Waals surface area contributed by atoms with Crippen LogP contribution in [0.5, 0.6) is 0 Å². The number of H-pyrrole nitrogens is 1. The number of morpholine rings is 1. The van der Waals surface area contributed by atoms with E-state index in [-0.39, 0.29) is 10.5 Å². The maximum Gasteiger partial charge on any atom is 0.258 e. The van der Waals surface area contributed by atoms with Gasteiger partial charge in [-0.15, -0.1) is 0 Å². The van der Waals surface area contributed by atoms with E-state index >= 15 is 0 Å². The summed E-state index contributed by atoms with van der Waals surface area (Å²) >= 11 is 1.46. The quantitative estimate of drug-likeness (QED) is 0.406. The number of para-hydroxylation sites is 1. The minimum absolute atomic E-state index is 0.161. The van der Waals surface area contributed by atoms with E-state index in [9.17, 15) is 13.2 Å². The number of benzene rings is 2. The van der Waals surface area contributed by atoms with Crippen molar-refractivity contribution in [2.24, 2.45) is 0 Å². The molecule has 1 N–H and O–H groups in total. The van der Waals surface area contributed by atoms with E-state index < -0.39 is 10.0 Å². The number of rotatable bonds is 6. The number of aryl methyl sites for hydroxylation is 2. The molecule has 0 atom stereocenters. The Hall–Kier alpha value is -2.73. The van der Waals surface area contributed by atoms with Crippen LogP contribution in [-0.4, -0.2) is 58.5 Å². The number of hydrogen-bond donors (Lipinski definition) is 1. The molecule has 0 radical (unpaired) electrons. The predicted octanol–water partition coefficient (Wildman–Crippen LogP) is 2.91. The minimum Gasteiger partial charge on any atom is -0.379 e. The van der Waals surface area contributed by atoms with Crippen molar-refractivity contribution in [1.82, 2.24) is 23.8 Å². The van der Waals surface area contributed by atoms with Crippen LogP contribution in [0, 0.1) is 6.92 Å². The number of imidazole rings is 1. The summed E-state index contributed by atoms with van der Waals surface area (Å²) in [5.74, 6) is 1.00. The van der Waals surface area contributed by atoms with E-state index in [1.165, 1.54) is 16.1 Å². The number of thioether (sulfide) groups is 1. The van der Waals surface area contributed by atoms with Crippen molar-refractivity contribution >= 4 is 43.7 Å². The number of nitrogens with one attached hydrogen (secondary N) is 1. The fourth-order valence-electron chi connectivity index (χ4n) is 4.15. The molecule has 0 unspecified atom stereocenters. The van der Waals surface area contributed by atoms with E-state index in [2.05, 4.69) is 9.97 Å². The van der Waals surface area contributed by atoms with Crippen molar-refractivity contribution in [2.75, 3.05) is 26.3 Å². The normalized spacial score (nSPS) is 15.4. The van der Waals surface area contributed by atoms with Gasteiger partial charge in [-0.2, -0.15) is 4.31 Å². The fraction of sp³-hybridized carbons (Fsp3) is 0.348. The molecule has 11 heteroatoms. The van der Waals surface area contributed by atoms with Gasteiger partial charge in [-0.3, -0.25) is 4.79 Å². The minimum atomic E-state index is -3.60. The third kappa shape index (κ3) is 4.13. The van der Waals surface area contributed by atoms with Crippen LogP contribution in [0.15, 0.2) is 51.2 Å². The zero-order chi connectivity index (χ0) is 23.9. The third-order valence-corrected chi connectivity index (χ3v) is 8.82. The van der Waals surface area contributed by atoms with Crippen molar-refractivity contribution in [3.8, 4) is 0 Å². The molecule has 0 bridgehead atoms. The first kappa shape index (κ1) is 23.0. The van der Waals surface area contributed by atoms with Gasteiger partial charge in [0, 0.05) is 19.6 Å². The fourth-order valence-corrected chi connectivity index (χ4v) is 6.53. The summed E-state index contributed by atoms with van der Waals surface area (Å²) in [6.45, 7) is 6.12. The van der Waals surface area contributed by atoms with Crippen LogP contribution in [0.3, 0.4) is 0 Å². The molecular formula is C23H25N5O4S2. The first-order valence-electron chi connectivity index (χ1n) is 11.1. The highest BCUT2D eigenvalue weighted by Crippen LogP contribution is 2.29. The lowest BCUT2D eigenvalue weighted by Gasteiger charge is -2.26. The summed E-state index contributed by atoms with van der Waals surface area (Å²) in [7, 11) is -3.60. The number of sulfonamides is 1. The predicted molar refractivity (Wildman–Crippen MR) is 132 cm³/mol. The average molecular weight is 500 g/mol. The number of nitrogens with zero attached hydrogens (tertiary/aromatic N) is 4. The zero-order valence-electron chi connectivity index (χ0n) is 18.9. The lowest BCUT2D eigenvalue weighted by Crippen LogP contribution is -2.40. The van der Waals surface area contributed by atoms with Crippen LogP contribution in [0.1, 0.15) is 18.3 Å². The highest BCUT2D eigenvalue weighted by atomic mass is 32.2.